The summed E-state index contributed by atoms with van der Waals surface area (Å²) in [5.74, 6) is -0.710. The number of aromatic nitrogens is 4. The summed E-state index contributed by atoms with van der Waals surface area (Å²) in [6.07, 6.45) is -2.68. The third kappa shape index (κ3) is 3.01. The Hall–Kier alpha value is -2.79. The number of rotatable bonds is 2. The lowest BCUT2D eigenvalue weighted by Crippen LogP contribution is -2.41. The standard InChI is InChI=1S/C18H12F3N5OS2/c19-18(20,21)15-14(28-8-24-15)17(27)26-6-5-10-12(23-7-22-10)13(26)16-25-9-3-1-2-4-11(9)29-16/h1-4,7-8,13H,5-6H2,(H,22,23)/t13-/m0/s1. The predicted molar refractivity (Wildman–Crippen MR) is 102 cm³/mol. The molecule has 0 bridgehead atoms. The topological polar surface area (TPSA) is 74.8 Å². The van der Waals surface area contributed by atoms with Crippen molar-refractivity contribution in [2.45, 2.75) is 18.6 Å². The molecule has 3 aromatic heterocycles. The highest BCUT2D eigenvalue weighted by Crippen LogP contribution is 2.40. The summed E-state index contributed by atoms with van der Waals surface area (Å²) < 4.78 is 40.8. The van der Waals surface area contributed by atoms with E-state index in [0.29, 0.717) is 28.5 Å². The van der Waals surface area contributed by atoms with Gasteiger partial charge in [-0.05, 0) is 12.1 Å². The molecule has 11 heteroatoms. The van der Waals surface area contributed by atoms with Gasteiger partial charge < -0.3 is 9.88 Å². The third-order valence-electron chi connectivity index (χ3n) is 4.76. The van der Waals surface area contributed by atoms with Gasteiger partial charge in [0.25, 0.3) is 5.91 Å². The lowest BCUT2D eigenvalue weighted by atomic mass is 10.0. The number of benzene rings is 1. The lowest BCUT2D eigenvalue weighted by Gasteiger charge is -2.33. The van der Waals surface area contributed by atoms with Crippen molar-refractivity contribution in [2.24, 2.45) is 0 Å². The third-order valence-corrected chi connectivity index (χ3v) is 6.66. The summed E-state index contributed by atoms with van der Waals surface area (Å²) in [7, 11) is 0. The van der Waals surface area contributed by atoms with Gasteiger partial charge in [0.2, 0.25) is 0 Å². The maximum absolute atomic E-state index is 13.3. The molecule has 0 saturated heterocycles. The van der Waals surface area contributed by atoms with Crippen LogP contribution in [0.1, 0.15) is 37.8 Å². The van der Waals surface area contributed by atoms with Crippen LogP contribution in [-0.2, 0) is 12.6 Å². The molecule has 4 aromatic rings. The van der Waals surface area contributed by atoms with Gasteiger partial charge in [-0.2, -0.15) is 13.2 Å². The fourth-order valence-corrected chi connectivity index (χ4v) is 5.33. The van der Waals surface area contributed by atoms with Gasteiger partial charge in [-0.3, -0.25) is 4.79 Å². The van der Waals surface area contributed by atoms with E-state index in [1.54, 1.807) is 0 Å². The van der Waals surface area contributed by atoms with Gasteiger partial charge in [0.1, 0.15) is 15.9 Å². The van der Waals surface area contributed by atoms with E-state index in [4.69, 9.17) is 0 Å². The van der Waals surface area contributed by atoms with Crippen molar-refractivity contribution in [1.29, 1.82) is 0 Å². The summed E-state index contributed by atoms with van der Waals surface area (Å²) in [5, 5.41) is 0.616. The van der Waals surface area contributed by atoms with Crippen molar-refractivity contribution in [1.82, 2.24) is 24.8 Å². The zero-order valence-electron chi connectivity index (χ0n) is 14.6. The number of para-hydroxylation sites is 1. The summed E-state index contributed by atoms with van der Waals surface area (Å²) >= 11 is 2.10. The molecule has 1 amide bonds. The monoisotopic (exact) mass is 435 g/mol. The van der Waals surface area contributed by atoms with Crippen molar-refractivity contribution >= 4 is 38.8 Å². The van der Waals surface area contributed by atoms with Crippen LogP contribution in [0.3, 0.4) is 0 Å². The Morgan fingerprint density at radius 2 is 2.07 bits per heavy atom. The number of carbonyl (C=O) groups excluding carboxylic acids is 1. The SMILES string of the molecule is O=C(c1scnc1C(F)(F)F)N1CCc2[nH]cnc2[C@H]1c1nc2ccccc2s1. The quantitative estimate of drug-likeness (QED) is 0.510. The molecular formula is C18H12F3N5OS2. The number of hydrogen-bond donors (Lipinski definition) is 1. The molecule has 6 nitrogen and oxygen atoms in total. The summed E-state index contributed by atoms with van der Waals surface area (Å²) in [6.45, 7) is 0.254. The van der Waals surface area contributed by atoms with Crippen molar-refractivity contribution < 1.29 is 18.0 Å². The van der Waals surface area contributed by atoms with Gasteiger partial charge in [-0.1, -0.05) is 12.1 Å². The van der Waals surface area contributed by atoms with E-state index < -0.39 is 28.7 Å². The second-order valence-corrected chi connectivity index (χ2v) is 8.38. The molecule has 29 heavy (non-hydrogen) atoms. The van der Waals surface area contributed by atoms with E-state index in [1.807, 2.05) is 24.3 Å². The molecule has 1 aromatic carbocycles. The van der Waals surface area contributed by atoms with Crippen LogP contribution in [-0.4, -0.2) is 37.3 Å². The Balaban J connectivity index is 1.62. The molecule has 0 saturated carbocycles. The van der Waals surface area contributed by atoms with Crippen molar-refractivity contribution in [3.8, 4) is 0 Å². The second-order valence-electron chi connectivity index (χ2n) is 6.47. The maximum atomic E-state index is 13.3. The van der Waals surface area contributed by atoms with Crippen molar-refractivity contribution in [2.75, 3.05) is 6.54 Å². The highest BCUT2D eigenvalue weighted by Gasteiger charge is 2.43. The Morgan fingerprint density at radius 1 is 1.24 bits per heavy atom. The molecule has 4 heterocycles. The molecule has 148 valence electrons. The van der Waals surface area contributed by atoms with Gasteiger partial charge in [-0.15, -0.1) is 22.7 Å². The van der Waals surface area contributed by atoms with E-state index in [2.05, 4.69) is 19.9 Å². The Kier molecular flexibility index (Phi) is 4.17. The first kappa shape index (κ1) is 18.3. The van der Waals surface area contributed by atoms with Crippen LogP contribution < -0.4 is 0 Å². The van der Waals surface area contributed by atoms with E-state index >= 15 is 0 Å². The maximum Gasteiger partial charge on any atom is 0.434 e. The van der Waals surface area contributed by atoms with Gasteiger partial charge >= 0.3 is 6.18 Å². The minimum absolute atomic E-state index is 0.254. The van der Waals surface area contributed by atoms with Crippen molar-refractivity contribution in [3.63, 3.8) is 0 Å². The minimum atomic E-state index is -4.69. The first-order chi connectivity index (χ1) is 13.9. The molecular weight excluding hydrogens is 423 g/mol. The number of carbonyl (C=O) groups is 1. The molecule has 1 aliphatic rings. The highest BCUT2D eigenvalue weighted by atomic mass is 32.1. The summed E-state index contributed by atoms with van der Waals surface area (Å²) in [5.41, 5.74) is 2.15. The number of fused-ring (bicyclic) bond motifs is 2. The summed E-state index contributed by atoms with van der Waals surface area (Å²) in [4.78, 5) is 29.6. The van der Waals surface area contributed by atoms with Crippen LogP contribution in [0.2, 0.25) is 0 Å². The first-order valence-corrected chi connectivity index (χ1v) is 10.3. The minimum Gasteiger partial charge on any atom is -0.348 e. The van der Waals surface area contributed by atoms with Crippen molar-refractivity contribution in [3.05, 3.63) is 63.1 Å². The van der Waals surface area contributed by atoms with E-state index in [9.17, 15) is 18.0 Å². The van der Waals surface area contributed by atoms with Crippen LogP contribution in [0.5, 0.6) is 0 Å². The number of alkyl halides is 3. The fraction of sp³-hybridized carbons (Fsp3) is 0.222. The van der Waals surface area contributed by atoms with Crippen LogP contribution in [0.25, 0.3) is 10.2 Å². The number of aromatic amines is 1. The zero-order valence-corrected chi connectivity index (χ0v) is 16.2. The second kappa shape index (κ2) is 6.63. The summed E-state index contributed by atoms with van der Waals surface area (Å²) in [6, 6.07) is 6.88. The molecule has 0 unspecified atom stereocenters. The van der Waals surface area contributed by atoms with E-state index in [1.165, 1.54) is 22.6 Å². The van der Waals surface area contributed by atoms with E-state index in [0.717, 1.165) is 21.4 Å². The van der Waals surface area contributed by atoms with E-state index in [-0.39, 0.29) is 6.54 Å². The Morgan fingerprint density at radius 3 is 2.86 bits per heavy atom. The number of imidazole rings is 1. The molecule has 0 spiro atoms. The van der Waals surface area contributed by atoms with Crippen LogP contribution in [0, 0.1) is 0 Å². The predicted octanol–water partition coefficient (Wildman–Crippen LogP) is 4.28. The zero-order chi connectivity index (χ0) is 20.2. The Labute approximate surface area is 170 Å². The average molecular weight is 435 g/mol. The molecule has 0 radical (unpaired) electrons. The molecule has 1 N–H and O–H groups in total. The number of amides is 1. The molecule has 1 atom stereocenters. The Bertz CT molecular complexity index is 1180. The van der Waals surface area contributed by atoms with Crippen LogP contribution in [0.15, 0.2) is 36.1 Å². The normalized spacial score (nSPS) is 16.9. The van der Waals surface area contributed by atoms with Gasteiger partial charge in [-0.25, -0.2) is 15.0 Å². The number of hydrogen-bond acceptors (Lipinski definition) is 6. The molecule has 0 aliphatic carbocycles. The molecule has 5 rings (SSSR count). The molecule has 1 aliphatic heterocycles. The number of H-pyrrole nitrogens is 1. The lowest BCUT2D eigenvalue weighted by molar-refractivity contribution is -0.141. The number of thiazole rings is 2. The first-order valence-electron chi connectivity index (χ1n) is 8.62. The van der Waals surface area contributed by atoms with Gasteiger partial charge in [0.05, 0.1) is 27.7 Å². The largest absolute Gasteiger partial charge is 0.434 e. The molecule has 0 fully saturated rings. The van der Waals surface area contributed by atoms with Crippen LogP contribution in [0.4, 0.5) is 13.2 Å². The average Bonchev–Trinajstić information content (AvgIpc) is 3.44. The smallest absolute Gasteiger partial charge is 0.348 e. The van der Waals surface area contributed by atoms with Crippen LogP contribution >= 0.6 is 22.7 Å². The number of halogens is 3. The fourth-order valence-electron chi connectivity index (χ4n) is 3.48. The van der Waals surface area contributed by atoms with Gasteiger partial charge in [0.15, 0.2) is 5.69 Å². The highest BCUT2D eigenvalue weighted by molar-refractivity contribution is 7.18. The number of nitrogens with one attached hydrogen (secondary N) is 1. The number of nitrogens with zero attached hydrogens (tertiary/aromatic N) is 4. The van der Waals surface area contributed by atoms with Gasteiger partial charge in [0, 0.05) is 18.7 Å².